The summed E-state index contributed by atoms with van der Waals surface area (Å²) in [4.78, 5) is 29.8. The van der Waals surface area contributed by atoms with Crippen LogP contribution >= 0.6 is 11.6 Å². The molecule has 0 aliphatic carbocycles. The molecule has 2 aromatic carbocycles. The maximum absolute atomic E-state index is 13.0. The number of hydrogen-bond donors (Lipinski definition) is 2. The van der Waals surface area contributed by atoms with Gasteiger partial charge in [-0.1, -0.05) is 48.0 Å². The van der Waals surface area contributed by atoms with Gasteiger partial charge in [-0.3, -0.25) is 9.69 Å². The lowest BCUT2D eigenvalue weighted by Gasteiger charge is -2.33. The minimum atomic E-state index is -0.198. The summed E-state index contributed by atoms with van der Waals surface area (Å²) in [5, 5.41) is 6.82. The molecule has 2 fully saturated rings. The third-order valence-corrected chi connectivity index (χ3v) is 6.76. The third-order valence-electron chi connectivity index (χ3n) is 6.42. The summed E-state index contributed by atoms with van der Waals surface area (Å²) >= 11 is 6.49. The minimum Gasteiger partial charge on any atom is -0.354 e. The number of benzene rings is 2. The zero-order valence-electron chi connectivity index (χ0n) is 18.3. The van der Waals surface area contributed by atoms with Crippen molar-refractivity contribution < 1.29 is 9.59 Å². The van der Waals surface area contributed by atoms with Crippen molar-refractivity contribution in [3.05, 3.63) is 65.2 Å². The van der Waals surface area contributed by atoms with Gasteiger partial charge in [-0.2, -0.15) is 0 Å². The molecule has 32 heavy (non-hydrogen) atoms. The van der Waals surface area contributed by atoms with Gasteiger partial charge in [0, 0.05) is 30.3 Å². The van der Waals surface area contributed by atoms with E-state index in [0.717, 1.165) is 42.2 Å². The number of hydrogen-bond acceptors (Lipinski definition) is 3. The first-order valence-corrected chi connectivity index (χ1v) is 11.9. The van der Waals surface area contributed by atoms with E-state index in [0.29, 0.717) is 19.6 Å². The first-order chi connectivity index (χ1) is 15.6. The van der Waals surface area contributed by atoms with Crippen LogP contribution in [-0.2, 0) is 4.79 Å². The maximum atomic E-state index is 13.0. The van der Waals surface area contributed by atoms with Gasteiger partial charge in [-0.15, -0.1) is 0 Å². The average molecular weight is 455 g/mol. The van der Waals surface area contributed by atoms with Crippen LogP contribution in [0.5, 0.6) is 0 Å². The first-order valence-electron chi connectivity index (χ1n) is 11.5. The Morgan fingerprint density at radius 1 is 0.969 bits per heavy atom. The van der Waals surface area contributed by atoms with Gasteiger partial charge in [-0.05, 0) is 62.5 Å². The minimum absolute atomic E-state index is 0.0125. The Balaban J connectivity index is 1.35. The Kier molecular flexibility index (Phi) is 7.66. The zero-order chi connectivity index (χ0) is 22.3. The van der Waals surface area contributed by atoms with Gasteiger partial charge in [-0.25, -0.2) is 4.79 Å². The molecule has 0 radical (unpaired) electrons. The number of rotatable bonds is 6. The Labute approximate surface area is 194 Å². The van der Waals surface area contributed by atoms with E-state index in [1.807, 2.05) is 54.6 Å². The van der Waals surface area contributed by atoms with Crippen molar-refractivity contribution >= 4 is 29.2 Å². The predicted molar refractivity (Wildman–Crippen MR) is 128 cm³/mol. The van der Waals surface area contributed by atoms with E-state index in [-0.39, 0.29) is 23.9 Å². The lowest BCUT2D eigenvalue weighted by Crippen LogP contribution is -2.48. The van der Waals surface area contributed by atoms with E-state index in [1.54, 1.807) is 4.90 Å². The highest BCUT2D eigenvalue weighted by Gasteiger charge is 2.30. The number of piperidine rings is 1. The highest BCUT2D eigenvalue weighted by molar-refractivity contribution is 6.31. The van der Waals surface area contributed by atoms with Crippen molar-refractivity contribution in [2.75, 3.05) is 38.0 Å². The molecule has 4 rings (SSSR count). The smallest absolute Gasteiger partial charge is 0.321 e. The van der Waals surface area contributed by atoms with Crippen molar-refractivity contribution in [2.45, 2.75) is 31.7 Å². The molecule has 0 bridgehead atoms. The van der Waals surface area contributed by atoms with Gasteiger partial charge in [0.05, 0.1) is 12.0 Å². The molecule has 2 aromatic rings. The van der Waals surface area contributed by atoms with Crippen LogP contribution in [0, 0.1) is 5.92 Å². The van der Waals surface area contributed by atoms with E-state index >= 15 is 0 Å². The van der Waals surface area contributed by atoms with Crippen molar-refractivity contribution in [1.82, 2.24) is 15.1 Å². The quantitative estimate of drug-likeness (QED) is 0.673. The summed E-state index contributed by atoms with van der Waals surface area (Å²) in [7, 11) is 0. The SMILES string of the molecule is O=C(NC[C@H](c1ccccc1Cl)N1CCCC1)[C@@H]1CCCN(C(=O)Nc2ccccc2)C1. The normalized spacial score (nSPS) is 20.0. The molecule has 2 aliphatic rings. The molecule has 2 atom stereocenters. The number of anilines is 1. The Hall–Kier alpha value is -2.57. The van der Waals surface area contributed by atoms with Gasteiger partial charge in [0.25, 0.3) is 0 Å². The number of nitrogens with zero attached hydrogens (tertiary/aromatic N) is 2. The number of amides is 3. The molecule has 0 saturated carbocycles. The molecule has 2 saturated heterocycles. The fourth-order valence-electron chi connectivity index (χ4n) is 4.68. The number of carbonyl (C=O) groups is 2. The van der Waals surface area contributed by atoms with Gasteiger partial charge < -0.3 is 15.5 Å². The summed E-state index contributed by atoms with van der Waals surface area (Å²) in [6, 6.07) is 17.2. The summed E-state index contributed by atoms with van der Waals surface area (Å²) in [6.45, 7) is 3.66. The highest BCUT2D eigenvalue weighted by Crippen LogP contribution is 2.30. The van der Waals surface area contributed by atoms with E-state index in [1.165, 1.54) is 12.8 Å². The Bertz CT molecular complexity index is 917. The van der Waals surface area contributed by atoms with Crippen molar-refractivity contribution in [2.24, 2.45) is 5.92 Å². The summed E-state index contributed by atoms with van der Waals surface area (Å²) in [5.41, 5.74) is 1.82. The number of para-hydroxylation sites is 1. The van der Waals surface area contributed by atoms with E-state index < -0.39 is 0 Å². The molecule has 2 aliphatic heterocycles. The van der Waals surface area contributed by atoms with Crippen LogP contribution in [0.1, 0.15) is 37.3 Å². The van der Waals surface area contributed by atoms with Crippen LogP contribution in [0.2, 0.25) is 5.02 Å². The largest absolute Gasteiger partial charge is 0.354 e. The highest BCUT2D eigenvalue weighted by atomic mass is 35.5. The van der Waals surface area contributed by atoms with E-state index in [2.05, 4.69) is 15.5 Å². The second-order valence-corrected chi connectivity index (χ2v) is 9.01. The zero-order valence-corrected chi connectivity index (χ0v) is 19.1. The van der Waals surface area contributed by atoms with Gasteiger partial charge >= 0.3 is 6.03 Å². The predicted octanol–water partition coefficient (Wildman–Crippen LogP) is 4.54. The number of carbonyl (C=O) groups excluding carboxylic acids is 2. The molecule has 7 heteroatoms. The van der Waals surface area contributed by atoms with Gasteiger partial charge in [0.2, 0.25) is 5.91 Å². The van der Waals surface area contributed by atoms with Crippen LogP contribution in [0.3, 0.4) is 0 Å². The topological polar surface area (TPSA) is 64.7 Å². The van der Waals surface area contributed by atoms with Crippen LogP contribution in [0.25, 0.3) is 0 Å². The molecule has 2 N–H and O–H groups in total. The third kappa shape index (κ3) is 5.61. The lowest BCUT2D eigenvalue weighted by atomic mass is 9.97. The number of likely N-dealkylation sites (tertiary alicyclic amines) is 2. The standard InChI is InChI=1S/C25H31ClN4O2/c26-22-13-5-4-12-21(22)23(29-14-6-7-15-29)17-27-24(31)19-9-8-16-30(18-19)25(32)28-20-10-2-1-3-11-20/h1-5,10-13,19,23H,6-9,14-18H2,(H,27,31)(H,28,32)/t19-,23-/m1/s1. The van der Waals surface area contributed by atoms with Crippen molar-refractivity contribution in [1.29, 1.82) is 0 Å². The van der Waals surface area contributed by atoms with E-state index in [4.69, 9.17) is 11.6 Å². The first kappa shape index (κ1) is 22.6. The molecule has 0 aromatic heterocycles. The summed E-state index contributed by atoms with van der Waals surface area (Å²) in [5.74, 6) is -0.186. The fraction of sp³-hybridized carbons (Fsp3) is 0.440. The fourth-order valence-corrected chi connectivity index (χ4v) is 4.94. The van der Waals surface area contributed by atoms with Crippen molar-refractivity contribution in [3.63, 3.8) is 0 Å². The maximum Gasteiger partial charge on any atom is 0.321 e. The second-order valence-electron chi connectivity index (χ2n) is 8.61. The van der Waals surface area contributed by atoms with E-state index in [9.17, 15) is 9.59 Å². The molecule has 170 valence electrons. The molecule has 6 nitrogen and oxygen atoms in total. The van der Waals surface area contributed by atoms with Crippen LogP contribution in [0.15, 0.2) is 54.6 Å². The van der Waals surface area contributed by atoms with Crippen LogP contribution in [-0.4, -0.2) is 54.5 Å². The summed E-state index contributed by atoms with van der Waals surface area (Å²) in [6.07, 6.45) is 3.95. The number of nitrogens with one attached hydrogen (secondary N) is 2. The Morgan fingerprint density at radius 3 is 2.44 bits per heavy atom. The average Bonchev–Trinajstić information content (AvgIpc) is 3.35. The molecule has 0 unspecified atom stereocenters. The summed E-state index contributed by atoms with van der Waals surface area (Å²) < 4.78 is 0. The molecule has 3 amide bonds. The molecular formula is C25H31ClN4O2. The molecule has 2 heterocycles. The Morgan fingerprint density at radius 2 is 1.69 bits per heavy atom. The van der Waals surface area contributed by atoms with Gasteiger partial charge in [0.15, 0.2) is 0 Å². The second kappa shape index (κ2) is 10.8. The van der Waals surface area contributed by atoms with Crippen LogP contribution in [0.4, 0.5) is 10.5 Å². The van der Waals surface area contributed by atoms with Gasteiger partial charge in [0.1, 0.15) is 0 Å². The number of urea groups is 1. The molecule has 0 spiro atoms. The van der Waals surface area contributed by atoms with Crippen molar-refractivity contribution in [3.8, 4) is 0 Å². The lowest BCUT2D eigenvalue weighted by molar-refractivity contribution is -0.126. The van der Waals surface area contributed by atoms with Crippen LogP contribution < -0.4 is 10.6 Å². The molecular weight excluding hydrogens is 424 g/mol. The monoisotopic (exact) mass is 454 g/mol. The number of halogens is 1.